The topological polar surface area (TPSA) is 105 Å². The third-order valence-corrected chi connectivity index (χ3v) is 8.98. The molecule has 0 spiro atoms. The second kappa shape index (κ2) is 13.1. The molecule has 2 amide bonds. The zero-order valence-electron chi connectivity index (χ0n) is 24.0. The minimum atomic E-state index is -4.11. The number of anilines is 1. The number of para-hydroxylation sites is 2. The SMILES string of the molecule is COc1ccc(S(=O)(=O)N(CC(=O)N2C[C@@H](C(=O)NCc3ccccc3)Oc3ccccc32)Cc2ccccc2)cc1C. The smallest absolute Gasteiger partial charge is 0.263 e. The average molecular weight is 600 g/mol. The molecule has 0 fully saturated rings. The van der Waals surface area contributed by atoms with E-state index in [9.17, 15) is 18.0 Å². The van der Waals surface area contributed by atoms with Crippen LogP contribution in [0.25, 0.3) is 0 Å². The van der Waals surface area contributed by atoms with Crippen molar-refractivity contribution in [3.05, 3.63) is 120 Å². The number of methoxy groups -OCH3 is 1. The first kappa shape index (κ1) is 29.8. The molecule has 5 rings (SSSR count). The van der Waals surface area contributed by atoms with Gasteiger partial charge in [0.15, 0.2) is 6.10 Å². The Balaban J connectivity index is 1.41. The lowest BCUT2D eigenvalue weighted by Crippen LogP contribution is -2.52. The van der Waals surface area contributed by atoms with E-state index in [2.05, 4.69) is 5.32 Å². The van der Waals surface area contributed by atoms with Crippen LogP contribution < -0.4 is 19.7 Å². The first-order chi connectivity index (χ1) is 20.8. The number of aryl methyl sites for hydroxylation is 1. The Kier molecular flexibility index (Phi) is 9.08. The molecule has 10 heteroatoms. The second-order valence-corrected chi connectivity index (χ2v) is 12.1. The number of benzene rings is 4. The maximum absolute atomic E-state index is 14.0. The summed E-state index contributed by atoms with van der Waals surface area (Å²) in [6.45, 7) is 1.52. The number of amides is 2. The van der Waals surface area contributed by atoms with Crippen LogP contribution in [-0.4, -0.2) is 50.8 Å². The van der Waals surface area contributed by atoms with E-state index in [-0.39, 0.29) is 23.9 Å². The lowest BCUT2D eigenvalue weighted by Gasteiger charge is -2.35. The molecule has 0 saturated carbocycles. The zero-order valence-corrected chi connectivity index (χ0v) is 24.8. The fourth-order valence-electron chi connectivity index (χ4n) is 4.92. The summed E-state index contributed by atoms with van der Waals surface area (Å²) in [5.41, 5.74) is 2.78. The monoisotopic (exact) mass is 599 g/mol. The Morgan fingerprint density at radius 3 is 2.26 bits per heavy atom. The Hall–Kier alpha value is -4.67. The number of sulfonamides is 1. The number of rotatable bonds is 10. The molecule has 0 aromatic heterocycles. The van der Waals surface area contributed by atoms with E-state index in [4.69, 9.17) is 9.47 Å². The van der Waals surface area contributed by atoms with Crippen LogP contribution in [0.4, 0.5) is 5.69 Å². The summed E-state index contributed by atoms with van der Waals surface area (Å²) in [6, 6.07) is 30.1. The first-order valence-corrected chi connectivity index (χ1v) is 15.3. The molecule has 1 aliphatic heterocycles. The van der Waals surface area contributed by atoms with Crippen molar-refractivity contribution in [3.8, 4) is 11.5 Å². The summed E-state index contributed by atoms with van der Waals surface area (Å²) < 4.78 is 40.4. The molecule has 4 aromatic rings. The molecule has 222 valence electrons. The Morgan fingerprint density at radius 1 is 0.930 bits per heavy atom. The van der Waals surface area contributed by atoms with Gasteiger partial charge < -0.3 is 19.7 Å². The highest BCUT2D eigenvalue weighted by Crippen LogP contribution is 2.34. The van der Waals surface area contributed by atoms with E-state index < -0.39 is 28.6 Å². The van der Waals surface area contributed by atoms with Gasteiger partial charge in [-0.3, -0.25) is 9.59 Å². The third kappa shape index (κ3) is 6.87. The minimum Gasteiger partial charge on any atom is -0.496 e. The van der Waals surface area contributed by atoms with E-state index in [0.29, 0.717) is 29.3 Å². The molecule has 0 aliphatic carbocycles. The van der Waals surface area contributed by atoms with Crippen molar-refractivity contribution < 1.29 is 27.5 Å². The quantitative estimate of drug-likeness (QED) is 0.291. The van der Waals surface area contributed by atoms with E-state index >= 15 is 0 Å². The zero-order chi connectivity index (χ0) is 30.4. The number of ether oxygens (including phenoxy) is 2. The number of fused-ring (bicyclic) bond motifs is 1. The van der Waals surface area contributed by atoms with E-state index in [0.717, 1.165) is 15.4 Å². The normalized spacial score (nSPS) is 14.5. The highest BCUT2D eigenvalue weighted by molar-refractivity contribution is 7.89. The molecule has 9 nitrogen and oxygen atoms in total. The number of carbonyl (C=O) groups excluding carboxylic acids is 2. The van der Waals surface area contributed by atoms with E-state index in [1.165, 1.54) is 24.1 Å². The number of nitrogens with zero attached hydrogens (tertiary/aromatic N) is 2. The van der Waals surface area contributed by atoms with Crippen molar-refractivity contribution in [2.75, 3.05) is 25.1 Å². The predicted octanol–water partition coefficient (Wildman–Crippen LogP) is 4.31. The molecule has 1 heterocycles. The molecule has 0 saturated heterocycles. The maximum Gasteiger partial charge on any atom is 0.263 e. The highest BCUT2D eigenvalue weighted by Gasteiger charge is 2.36. The highest BCUT2D eigenvalue weighted by atomic mass is 32.2. The fraction of sp³-hybridized carbons (Fsp3) is 0.212. The van der Waals surface area contributed by atoms with Gasteiger partial charge in [-0.25, -0.2) is 8.42 Å². The Labute approximate surface area is 251 Å². The molecule has 1 N–H and O–H groups in total. The molecule has 0 radical (unpaired) electrons. The van der Waals surface area contributed by atoms with Crippen molar-refractivity contribution in [2.45, 2.75) is 31.0 Å². The maximum atomic E-state index is 14.0. The first-order valence-electron chi connectivity index (χ1n) is 13.8. The van der Waals surface area contributed by atoms with Crippen LogP contribution in [-0.2, 0) is 32.7 Å². The molecular weight excluding hydrogens is 566 g/mol. The summed E-state index contributed by atoms with van der Waals surface area (Å²) in [6.07, 6.45) is -0.981. The van der Waals surface area contributed by atoms with Gasteiger partial charge in [0.2, 0.25) is 15.9 Å². The lowest BCUT2D eigenvalue weighted by molar-refractivity contribution is -0.128. The van der Waals surface area contributed by atoms with Gasteiger partial charge in [-0.1, -0.05) is 72.8 Å². The molecule has 0 unspecified atom stereocenters. The summed E-state index contributed by atoms with van der Waals surface area (Å²) in [5, 5.41) is 2.87. The van der Waals surface area contributed by atoms with Crippen LogP contribution in [0.3, 0.4) is 0 Å². The number of hydrogen-bond acceptors (Lipinski definition) is 6. The second-order valence-electron chi connectivity index (χ2n) is 10.2. The third-order valence-electron chi connectivity index (χ3n) is 7.19. The average Bonchev–Trinajstić information content (AvgIpc) is 3.03. The molecule has 0 bridgehead atoms. The summed E-state index contributed by atoms with van der Waals surface area (Å²) >= 11 is 0. The van der Waals surface area contributed by atoms with Crippen molar-refractivity contribution in [3.63, 3.8) is 0 Å². The van der Waals surface area contributed by atoms with Gasteiger partial charge in [-0.2, -0.15) is 4.31 Å². The largest absolute Gasteiger partial charge is 0.496 e. The predicted molar refractivity (Wildman–Crippen MR) is 163 cm³/mol. The van der Waals surface area contributed by atoms with Gasteiger partial charge in [0, 0.05) is 13.1 Å². The van der Waals surface area contributed by atoms with Gasteiger partial charge in [0.1, 0.15) is 11.5 Å². The Morgan fingerprint density at radius 2 is 1.58 bits per heavy atom. The number of hydrogen-bond donors (Lipinski definition) is 1. The van der Waals surface area contributed by atoms with Gasteiger partial charge in [-0.05, 0) is 53.9 Å². The Bertz CT molecular complexity index is 1700. The number of nitrogens with one attached hydrogen (secondary N) is 1. The van der Waals surface area contributed by atoms with Crippen molar-refractivity contribution in [1.29, 1.82) is 0 Å². The van der Waals surface area contributed by atoms with Crippen LogP contribution in [0.2, 0.25) is 0 Å². The number of carbonyl (C=O) groups is 2. The van der Waals surface area contributed by atoms with Crippen LogP contribution in [0.15, 0.2) is 108 Å². The standard InChI is InChI=1S/C33H33N3O6S/c1-24-19-27(17-18-29(24)41-2)43(39,40)35(21-26-13-7-4-8-14-26)23-32(37)36-22-31(42-30-16-10-9-15-28(30)36)33(38)34-20-25-11-5-3-6-12-25/h3-19,31H,20-23H2,1-2H3,(H,34,38)/t31-/m0/s1. The van der Waals surface area contributed by atoms with Crippen LogP contribution in [0.1, 0.15) is 16.7 Å². The van der Waals surface area contributed by atoms with Crippen LogP contribution in [0.5, 0.6) is 11.5 Å². The molecule has 1 aliphatic rings. The van der Waals surface area contributed by atoms with Gasteiger partial charge in [0.25, 0.3) is 5.91 Å². The van der Waals surface area contributed by atoms with Crippen LogP contribution >= 0.6 is 0 Å². The molecule has 43 heavy (non-hydrogen) atoms. The summed E-state index contributed by atoms with van der Waals surface area (Å²) in [5.74, 6) is 0.0660. The van der Waals surface area contributed by atoms with Crippen molar-refractivity contribution >= 4 is 27.5 Å². The van der Waals surface area contributed by atoms with Gasteiger partial charge in [-0.15, -0.1) is 0 Å². The van der Waals surface area contributed by atoms with Crippen molar-refractivity contribution in [2.24, 2.45) is 0 Å². The summed E-state index contributed by atoms with van der Waals surface area (Å²) in [7, 11) is -2.59. The minimum absolute atomic E-state index is 0.0209. The lowest BCUT2D eigenvalue weighted by atomic mass is 10.1. The van der Waals surface area contributed by atoms with Gasteiger partial charge in [0.05, 0.1) is 30.8 Å². The van der Waals surface area contributed by atoms with Gasteiger partial charge >= 0.3 is 0 Å². The molecule has 1 atom stereocenters. The molecular formula is C33H33N3O6S. The summed E-state index contributed by atoms with van der Waals surface area (Å²) in [4.78, 5) is 28.6. The van der Waals surface area contributed by atoms with Crippen molar-refractivity contribution in [1.82, 2.24) is 9.62 Å². The van der Waals surface area contributed by atoms with E-state index in [1.807, 2.05) is 60.7 Å². The molecule has 4 aromatic carbocycles. The van der Waals surface area contributed by atoms with Crippen LogP contribution in [0, 0.1) is 6.92 Å². The van der Waals surface area contributed by atoms with E-state index in [1.54, 1.807) is 37.3 Å². The fourth-order valence-corrected chi connectivity index (χ4v) is 6.38.